The highest BCUT2D eigenvalue weighted by molar-refractivity contribution is 6.33. The number of benzene rings is 1. The first-order chi connectivity index (χ1) is 6.93. The van der Waals surface area contributed by atoms with E-state index in [4.69, 9.17) is 11.6 Å². The highest BCUT2D eigenvalue weighted by Gasteiger charge is 2.24. The van der Waals surface area contributed by atoms with E-state index in [0.717, 1.165) is 0 Å². The van der Waals surface area contributed by atoms with Gasteiger partial charge < -0.3 is 4.74 Å². The summed E-state index contributed by atoms with van der Waals surface area (Å²) in [7, 11) is 0. The number of halogens is 3. The molecule has 0 aliphatic rings. The number of nitrogens with zero attached hydrogens (tertiary/aromatic N) is 1. The summed E-state index contributed by atoms with van der Waals surface area (Å²) in [4.78, 5) is 9.72. The van der Waals surface area contributed by atoms with Crippen molar-refractivity contribution in [3.8, 4) is 5.75 Å². The minimum atomic E-state index is -3.12. The van der Waals surface area contributed by atoms with Gasteiger partial charge in [0.1, 0.15) is 5.02 Å². The van der Waals surface area contributed by atoms with Gasteiger partial charge in [0.15, 0.2) is 0 Å². The van der Waals surface area contributed by atoms with Crippen LogP contribution in [0.2, 0.25) is 5.02 Å². The van der Waals surface area contributed by atoms with Crippen LogP contribution in [0.4, 0.5) is 14.5 Å². The fraction of sp³-hybridized carbons (Fsp3) is 0.250. The zero-order valence-corrected chi connectivity index (χ0v) is 8.29. The third-order valence-corrected chi connectivity index (χ3v) is 1.97. The molecule has 1 aromatic rings. The molecule has 15 heavy (non-hydrogen) atoms. The molecule has 0 spiro atoms. The van der Waals surface area contributed by atoms with E-state index in [0.29, 0.717) is 0 Å². The number of alkyl halides is 2. The Balaban J connectivity index is 3.31. The van der Waals surface area contributed by atoms with Crippen LogP contribution >= 0.6 is 11.6 Å². The van der Waals surface area contributed by atoms with Crippen LogP contribution in [0, 0.1) is 17.0 Å². The average Bonchev–Trinajstić information content (AvgIpc) is 2.10. The minimum Gasteiger partial charge on any atom is -0.427 e. The zero-order chi connectivity index (χ0) is 11.6. The minimum absolute atomic E-state index is 0.228. The van der Waals surface area contributed by atoms with E-state index in [-0.39, 0.29) is 10.6 Å². The third kappa shape index (κ3) is 2.53. The molecule has 0 aliphatic heterocycles. The third-order valence-electron chi connectivity index (χ3n) is 1.67. The normalized spacial score (nSPS) is 10.5. The summed E-state index contributed by atoms with van der Waals surface area (Å²) in [5.41, 5.74) is -0.414. The summed E-state index contributed by atoms with van der Waals surface area (Å²) < 4.78 is 28.0. The molecular weight excluding hydrogens is 232 g/mol. The van der Waals surface area contributed by atoms with Crippen molar-refractivity contribution in [3.63, 3.8) is 0 Å². The van der Waals surface area contributed by atoms with Gasteiger partial charge in [-0.15, -0.1) is 0 Å². The molecule has 4 nitrogen and oxygen atoms in total. The number of rotatable bonds is 3. The summed E-state index contributed by atoms with van der Waals surface area (Å²) in [6.45, 7) is -1.71. The molecule has 0 N–H and O–H groups in total. The van der Waals surface area contributed by atoms with Gasteiger partial charge in [-0.3, -0.25) is 10.1 Å². The van der Waals surface area contributed by atoms with Crippen LogP contribution in [-0.4, -0.2) is 11.5 Å². The van der Waals surface area contributed by atoms with E-state index >= 15 is 0 Å². The summed E-state index contributed by atoms with van der Waals surface area (Å²) in [5, 5.41) is 10.3. The van der Waals surface area contributed by atoms with Crippen molar-refractivity contribution in [1.29, 1.82) is 0 Å². The van der Waals surface area contributed by atoms with Gasteiger partial charge in [-0.25, -0.2) is 0 Å². The maximum absolute atomic E-state index is 12.0. The quantitative estimate of drug-likeness (QED) is 0.599. The van der Waals surface area contributed by atoms with Crippen LogP contribution in [0.5, 0.6) is 5.75 Å². The summed E-state index contributed by atoms with van der Waals surface area (Å²) in [6.07, 6.45) is 0. The molecule has 0 aliphatic carbocycles. The van der Waals surface area contributed by atoms with Gasteiger partial charge in [0.2, 0.25) is 5.75 Å². The lowest BCUT2D eigenvalue weighted by Crippen LogP contribution is -2.06. The van der Waals surface area contributed by atoms with Gasteiger partial charge >= 0.3 is 12.3 Å². The van der Waals surface area contributed by atoms with Crippen LogP contribution in [-0.2, 0) is 0 Å². The maximum atomic E-state index is 12.0. The van der Waals surface area contributed by atoms with Crippen LogP contribution in [0.15, 0.2) is 12.1 Å². The number of nitro benzene ring substituents is 1. The van der Waals surface area contributed by atoms with Gasteiger partial charge in [-0.05, 0) is 18.6 Å². The van der Waals surface area contributed by atoms with Crippen LogP contribution in [0.1, 0.15) is 5.56 Å². The van der Waals surface area contributed by atoms with Gasteiger partial charge in [0.25, 0.3) is 0 Å². The Bertz CT molecular complexity index is 398. The molecule has 0 saturated heterocycles. The van der Waals surface area contributed by atoms with E-state index in [9.17, 15) is 18.9 Å². The molecule has 1 aromatic carbocycles. The van der Waals surface area contributed by atoms with E-state index in [1.807, 2.05) is 0 Å². The second-order valence-electron chi connectivity index (χ2n) is 2.68. The summed E-state index contributed by atoms with van der Waals surface area (Å²) in [5.74, 6) is -0.498. The van der Waals surface area contributed by atoms with Crippen molar-refractivity contribution in [2.75, 3.05) is 0 Å². The first kappa shape index (κ1) is 11.6. The summed E-state index contributed by atoms with van der Waals surface area (Å²) >= 11 is 5.51. The molecule has 0 fully saturated rings. The van der Waals surface area contributed by atoms with Crippen LogP contribution < -0.4 is 4.74 Å². The number of hydrogen-bond donors (Lipinski definition) is 0. The Kier molecular flexibility index (Phi) is 3.41. The molecule has 82 valence electrons. The first-order valence-corrected chi connectivity index (χ1v) is 4.19. The van der Waals surface area contributed by atoms with E-state index in [2.05, 4.69) is 4.74 Å². The van der Waals surface area contributed by atoms with Crippen molar-refractivity contribution in [2.24, 2.45) is 0 Å². The van der Waals surface area contributed by atoms with E-state index < -0.39 is 23.0 Å². The highest BCUT2D eigenvalue weighted by Crippen LogP contribution is 2.37. The lowest BCUT2D eigenvalue weighted by atomic mass is 10.2. The van der Waals surface area contributed by atoms with Crippen molar-refractivity contribution >= 4 is 17.3 Å². The molecule has 0 radical (unpaired) electrons. The summed E-state index contributed by atoms with van der Waals surface area (Å²) in [6, 6.07) is 2.63. The lowest BCUT2D eigenvalue weighted by Gasteiger charge is -2.08. The van der Waals surface area contributed by atoms with Gasteiger partial charge in [0, 0.05) is 0 Å². The molecule has 0 heterocycles. The predicted octanol–water partition coefficient (Wildman–Crippen LogP) is 3.16. The molecule has 0 bridgehead atoms. The SMILES string of the molecule is Cc1ccc(Cl)c([N+](=O)[O-])c1OC(F)F. The fourth-order valence-corrected chi connectivity index (χ4v) is 1.27. The van der Waals surface area contributed by atoms with E-state index in [1.54, 1.807) is 0 Å². The van der Waals surface area contributed by atoms with Crippen molar-refractivity contribution in [3.05, 3.63) is 32.8 Å². The molecule has 0 aromatic heterocycles. The van der Waals surface area contributed by atoms with Crippen LogP contribution in [0.25, 0.3) is 0 Å². The molecule has 7 heteroatoms. The number of nitro groups is 1. The molecule has 0 amide bonds. The molecule has 0 unspecified atom stereocenters. The Labute approximate surface area is 88.6 Å². The van der Waals surface area contributed by atoms with Crippen LogP contribution in [0.3, 0.4) is 0 Å². The molecule has 0 atom stereocenters. The largest absolute Gasteiger partial charge is 0.427 e. The zero-order valence-electron chi connectivity index (χ0n) is 7.54. The van der Waals surface area contributed by atoms with Gasteiger partial charge in [-0.1, -0.05) is 17.7 Å². The predicted molar refractivity (Wildman–Crippen MR) is 49.5 cm³/mol. The van der Waals surface area contributed by atoms with E-state index in [1.165, 1.54) is 19.1 Å². The Morgan fingerprint density at radius 2 is 2.13 bits per heavy atom. The maximum Gasteiger partial charge on any atom is 0.387 e. The van der Waals surface area contributed by atoms with Crippen molar-refractivity contribution in [2.45, 2.75) is 13.5 Å². The molecule has 1 rings (SSSR count). The number of aryl methyl sites for hydroxylation is 1. The Morgan fingerprint density at radius 1 is 1.53 bits per heavy atom. The number of hydrogen-bond acceptors (Lipinski definition) is 3. The number of ether oxygens (including phenoxy) is 1. The highest BCUT2D eigenvalue weighted by atomic mass is 35.5. The second kappa shape index (κ2) is 4.39. The standard InChI is InChI=1S/C8H6ClF2NO3/c1-4-2-3-5(9)6(12(13)14)7(4)15-8(10)11/h2-3,8H,1H3. The van der Waals surface area contributed by atoms with Gasteiger partial charge in [-0.2, -0.15) is 8.78 Å². The molecular formula is C8H6ClF2NO3. The Morgan fingerprint density at radius 3 is 2.60 bits per heavy atom. The van der Waals surface area contributed by atoms with Crippen molar-refractivity contribution in [1.82, 2.24) is 0 Å². The van der Waals surface area contributed by atoms with Crippen molar-refractivity contribution < 1.29 is 18.4 Å². The second-order valence-corrected chi connectivity index (χ2v) is 3.08. The monoisotopic (exact) mass is 237 g/mol. The average molecular weight is 238 g/mol. The smallest absolute Gasteiger partial charge is 0.387 e. The first-order valence-electron chi connectivity index (χ1n) is 3.81. The topological polar surface area (TPSA) is 52.4 Å². The van der Waals surface area contributed by atoms with Gasteiger partial charge in [0.05, 0.1) is 4.92 Å². The Hall–Kier alpha value is -1.43. The molecule has 0 saturated carbocycles. The lowest BCUT2D eigenvalue weighted by molar-refractivity contribution is -0.386. The fourth-order valence-electron chi connectivity index (χ4n) is 1.06.